The summed E-state index contributed by atoms with van der Waals surface area (Å²) >= 11 is 0. The van der Waals surface area contributed by atoms with Crippen LogP contribution in [0.15, 0.2) is 60.7 Å². The third-order valence-corrected chi connectivity index (χ3v) is 3.08. The Labute approximate surface area is 136 Å². The van der Waals surface area contributed by atoms with Crippen molar-refractivity contribution >= 4 is 12.0 Å². The van der Waals surface area contributed by atoms with Gasteiger partial charge in [0, 0.05) is 0 Å². The second-order valence-electron chi connectivity index (χ2n) is 4.96. The Balaban J connectivity index is 1.66. The largest absolute Gasteiger partial charge is 0.494 e. The molecule has 0 radical (unpaired) electrons. The van der Waals surface area contributed by atoms with Crippen LogP contribution in [0.3, 0.4) is 0 Å². The summed E-state index contributed by atoms with van der Waals surface area (Å²) in [4.78, 5) is 10.4. The Hall–Kier alpha value is -2.75. The molecule has 0 saturated heterocycles. The number of carbonyl (C=O) groups is 1. The number of carboxylic acids is 1. The van der Waals surface area contributed by atoms with Gasteiger partial charge in [-0.05, 0) is 42.7 Å². The second-order valence-corrected chi connectivity index (χ2v) is 4.96. The maximum absolute atomic E-state index is 10.4. The molecule has 0 aliphatic carbocycles. The van der Waals surface area contributed by atoms with E-state index in [4.69, 9.17) is 14.6 Å². The van der Waals surface area contributed by atoms with Crippen LogP contribution in [0.25, 0.3) is 6.08 Å². The molecule has 0 amide bonds. The fourth-order valence-corrected chi connectivity index (χ4v) is 1.95. The van der Waals surface area contributed by atoms with E-state index in [9.17, 15) is 4.79 Å². The van der Waals surface area contributed by atoms with Crippen molar-refractivity contribution in [3.63, 3.8) is 0 Å². The highest BCUT2D eigenvalue weighted by Crippen LogP contribution is 2.14. The normalized spacial score (nSPS) is 10.6. The van der Waals surface area contributed by atoms with Crippen LogP contribution in [0, 0.1) is 0 Å². The summed E-state index contributed by atoms with van der Waals surface area (Å²) in [5, 5.41) is 8.54. The molecule has 0 saturated carbocycles. The summed E-state index contributed by atoms with van der Waals surface area (Å²) in [7, 11) is 0. The number of para-hydroxylation sites is 1. The zero-order valence-electron chi connectivity index (χ0n) is 12.9. The number of hydrogen-bond donors (Lipinski definition) is 1. The molecule has 1 N–H and O–H groups in total. The van der Waals surface area contributed by atoms with E-state index in [1.165, 1.54) is 0 Å². The van der Waals surface area contributed by atoms with E-state index >= 15 is 0 Å². The maximum Gasteiger partial charge on any atom is 0.341 e. The number of ether oxygens (including phenoxy) is 2. The van der Waals surface area contributed by atoms with Gasteiger partial charge in [-0.25, -0.2) is 4.79 Å². The summed E-state index contributed by atoms with van der Waals surface area (Å²) in [6, 6.07) is 17.1. The van der Waals surface area contributed by atoms with Crippen LogP contribution >= 0.6 is 0 Å². The molecular formula is C19H20O4. The van der Waals surface area contributed by atoms with Gasteiger partial charge in [0.15, 0.2) is 6.61 Å². The molecule has 0 aliphatic rings. The van der Waals surface area contributed by atoms with Gasteiger partial charge in [0.2, 0.25) is 0 Å². The van der Waals surface area contributed by atoms with Crippen molar-refractivity contribution < 1.29 is 19.4 Å². The summed E-state index contributed by atoms with van der Waals surface area (Å²) in [6.07, 6.45) is 6.01. The fourth-order valence-electron chi connectivity index (χ4n) is 1.95. The lowest BCUT2D eigenvalue weighted by Crippen LogP contribution is -2.09. The average molecular weight is 312 g/mol. The predicted octanol–water partition coefficient (Wildman–Crippen LogP) is 4.02. The highest BCUT2D eigenvalue weighted by molar-refractivity contribution is 5.68. The molecule has 0 bridgehead atoms. The first-order chi connectivity index (χ1) is 11.2. The Morgan fingerprint density at radius 2 is 1.65 bits per heavy atom. The smallest absolute Gasteiger partial charge is 0.341 e. The highest BCUT2D eigenvalue weighted by Gasteiger charge is 1.98. The molecule has 0 aromatic heterocycles. The molecule has 4 nitrogen and oxygen atoms in total. The molecule has 0 atom stereocenters. The van der Waals surface area contributed by atoms with E-state index in [1.54, 1.807) is 12.1 Å². The van der Waals surface area contributed by atoms with Crippen molar-refractivity contribution in [2.45, 2.75) is 12.8 Å². The molecule has 2 rings (SSSR count). The zero-order chi connectivity index (χ0) is 16.3. The third kappa shape index (κ3) is 6.70. The van der Waals surface area contributed by atoms with E-state index in [0.29, 0.717) is 12.4 Å². The Kier molecular flexibility index (Phi) is 6.72. The van der Waals surface area contributed by atoms with Crippen LogP contribution in [0.5, 0.6) is 11.5 Å². The lowest BCUT2D eigenvalue weighted by Gasteiger charge is -2.04. The monoisotopic (exact) mass is 312 g/mol. The van der Waals surface area contributed by atoms with E-state index in [1.807, 2.05) is 48.5 Å². The van der Waals surface area contributed by atoms with E-state index < -0.39 is 5.97 Å². The molecular weight excluding hydrogens is 292 g/mol. The van der Waals surface area contributed by atoms with Gasteiger partial charge in [-0.15, -0.1) is 0 Å². The molecule has 2 aromatic carbocycles. The molecule has 0 fully saturated rings. The first-order valence-corrected chi connectivity index (χ1v) is 7.53. The van der Waals surface area contributed by atoms with Crippen molar-refractivity contribution in [2.75, 3.05) is 13.2 Å². The number of hydrogen-bond acceptors (Lipinski definition) is 3. The van der Waals surface area contributed by atoms with Gasteiger partial charge < -0.3 is 14.6 Å². The summed E-state index contributed by atoms with van der Waals surface area (Å²) in [6.45, 7) is 0.368. The van der Waals surface area contributed by atoms with Crippen LogP contribution in [-0.4, -0.2) is 24.3 Å². The quantitative estimate of drug-likeness (QED) is 0.710. The molecule has 0 spiro atoms. The van der Waals surface area contributed by atoms with Crippen molar-refractivity contribution in [3.05, 3.63) is 66.2 Å². The Bertz CT molecular complexity index is 618. The van der Waals surface area contributed by atoms with E-state index in [0.717, 1.165) is 24.2 Å². The average Bonchev–Trinajstić information content (AvgIpc) is 2.58. The SMILES string of the molecule is O=C(O)COc1ccc(C=CCCCOc2ccccc2)cc1. The fraction of sp³-hybridized carbons (Fsp3) is 0.211. The summed E-state index contributed by atoms with van der Waals surface area (Å²) in [5.74, 6) is 0.473. The molecule has 0 unspecified atom stereocenters. The van der Waals surface area contributed by atoms with Gasteiger partial charge in [0.1, 0.15) is 11.5 Å². The van der Waals surface area contributed by atoms with Crippen LogP contribution in [0.1, 0.15) is 18.4 Å². The number of carboxylic acid groups (broad SMARTS) is 1. The van der Waals surface area contributed by atoms with Gasteiger partial charge in [-0.1, -0.05) is 42.5 Å². The predicted molar refractivity (Wildman–Crippen MR) is 89.8 cm³/mol. The van der Waals surface area contributed by atoms with Crippen LogP contribution in [-0.2, 0) is 4.79 Å². The number of allylic oxidation sites excluding steroid dienone is 1. The first-order valence-electron chi connectivity index (χ1n) is 7.53. The van der Waals surface area contributed by atoms with Gasteiger partial charge in [-0.2, -0.15) is 0 Å². The number of rotatable bonds is 9. The Morgan fingerprint density at radius 1 is 0.957 bits per heavy atom. The minimum atomic E-state index is -0.980. The van der Waals surface area contributed by atoms with Crippen LogP contribution in [0.4, 0.5) is 0 Å². The minimum Gasteiger partial charge on any atom is -0.494 e. The topological polar surface area (TPSA) is 55.8 Å². The number of unbranched alkanes of at least 4 members (excludes halogenated alkanes) is 1. The van der Waals surface area contributed by atoms with Gasteiger partial charge in [-0.3, -0.25) is 0 Å². The summed E-state index contributed by atoms with van der Waals surface area (Å²) in [5.41, 5.74) is 1.05. The minimum absolute atomic E-state index is 0.323. The lowest BCUT2D eigenvalue weighted by molar-refractivity contribution is -0.139. The lowest BCUT2D eigenvalue weighted by atomic mass is 10.2. The molecule has 23 heavy (non-hydrogen) atoms. The van der Waals surface area contributed by atoms with Crippen LogP contribution in [0.2, 0.25) is 0 Å². The molecule has 0 aliphatic heterocycles. The number of aliphatic carboxylic acids is 1. The second kappa shape index (κ2) is 9.30. The van der Waals surface area contributed by atoms with Gasteiger partial charge >= 0.3 is 5.97 Å². The van der Waals surface area contributed by atoms with E-state index in [2.05, 4.69) is 6.08 Å². The number of benzene rings is 2. The highest BCUT2D eigenvalue weighted by atomic mass is 16.5. The molecule has 0 heterocycles. The first kappa shape index (κ1) is 16.6. The van der Waals surface area contributed by atoms with E-state index in [-0.39, 0.29) is 6.61 Å². The maximum atomic E-state index is 10.4. The molecule has 4 heteroatoms. The zero-order valence-corrected chi connectivity index (χ0v) is 12.9. The summed E-state index contributed by atoms with van der Waals surface area (Å²) < 4.78 is 10.7. The van der Waals surface area contributed by atoms with Gasteiger partial charge in [0.25, 0.3) is 0 Å². The standard InChI is InChI=1S/C19H20O4/c20-19(21)15-23-18-12-10-16(11-13-18)7-3-2-6-14-22-17-8-4-1-5-9-17/h1,3-5,7-13H,2,6,14-15H2,(H,20,21). The molecule has 120 valence electrons. The third-order valence-electron chi connectivity index (χ3n) is 3.08. The van der Waals surface area contributed by atoms with Gasteiger partial charge in [0.05, 0.1) is 6.61 Å². The van der Waals surface area contributed by atoms with Crippen LogP contribution < -0.4 is 9.47 Å². The van der Waals surface area contributed by atoms with Crippen molar-refractivity contribution in [1.82, 2.24) is 0 Å². The van der Waals surface area contributed by atoms with Crippen molar-refractivity contribution in [3.8, 4) is 11.5 Å². The molecule has 2 aromatic rings. The Morgan fingerprint density at radius 3 is 2.35 bits per heavy atom. The van der Waals surface area contributed by atoms with Crippen molar-refractivity contribution in [2.24, 2.45) is 0 Å². The van der Waals surface area contributed by atoms with Crippen molar-refractivity contribution in [1.29, 1.82) is 0 Å².